The molecule has 0 amide bonds. The van der Waals surface area contributed by atoms with Crippen LogP contribution in [0.3, 0.4) is 0 Å². The van der Waals surface area contributed by atoms with E-state index in [9.17, 15) is 4.79 Å². The first-order valence-corrected chi connectivity index (χ1v) is 6.85. The van der Waals surface area contributed by atoms with E-state index in [1.807, 2.05) is 44.3 Å². The summed E-state index contributed by atoms with van der Waals surface area (Å²) in [5.41, 5.74) is 3.25. The molecule has 0 atom stereocenters. The summed E-state index contributed by atoms with van der Waals surface area (Å²) < 4.78 is 3.28. The van der Waals surface area contributed by atoms with Crippen molar-refractivity contribution in [3.63, 3.8) is 0 Å². The molecular formula is C15H12INO. The molecule has 90 valence electrons. The first-order chi connectivity index (χ1) is 8.59. The van der Waals surface area contributed by atoms with Crippen molar-refractivity contribution in [2.24, 2.45) is 7.05 Å². The van der Waals surface area contributed by atoms with E-state index in [0.29, 0.717) is 0 Å². The van der Waals surface area contributed by atoms with Crippen molar-refractivity contribution in [1.82, 2.24) is 4.57 Å². The van der Waals surface area contributed by atoms with E-state index in [0.717, 1.165) is 27.4 Å². The van der Waals surface area contributed by atoms with E-state index in [1.54, 1.807) is 0 Å². The number of para-hydroxylation sites is 1. The Bertz CT molecular complexity index is 833. The summed E-state index contributed by atoms with van der Waals surface area (Å²) >= 11 is 2.31. The second-order valence-corrected chi connectivity index (χ2v) is 5.69. The lowest BCUT2D eigenvalue weighted by atomic mass is 10.1. The molecule has 3 rings (SSSR count). The van der Waals surface area contributed by atoms with Gasteiger partial charge < -0.3 is 4.57 Å². The average molecular weight is 349 g/mol. The highest BCUT2D eigenvalue weighted by Gasteiger charge is 2.09. The highest BCUT2D eigenvalue weighted by Crippen LogP contribution is 2.22. The van der Waals surface area contributed by atoms with Crippen LogP contribution < -0.4 is 5.43 Å². The van der Waals surface area contributed by atoms with Crippen LogP contribution in [0, 0.1) is 10.5 Å². The Labute approximate surface area is 118 Å². The maximum absolute atomic E-state index is 12.5. The molecule has 3 aromatic rings. The third-order valence-corrected chi connectivity index (χ3v) is 4.56. The smallest absolute Gasteiger partial charge is 0.197 e. The van der Waals surface area contributed by atoms with Gasteiger partial charge in [0.1, 0.15) is 0 Å². The topological polar surface area (TPSA) is 22.0 Å². The van der Waals surface area contributed by atoms with Crippen molar-refractivity contribution < 1.29 is 0 Å². The van der Waals surface area contributed by atoms with Crippen molar-refractivity contribution in [2.45, 2.75) is 6.92 Å². The normalized spacial score (nSPS) is 11.3. The molecule has 0 unspecified atom stereocenters. The second-order valence-electron chi connectivity index (χ2n) is 4.52. The molecule has 0 N–H and O–H groups in total. The molecule has 0 aliphatic heterocycles. The molecule has 0 aliphatic rings. The van der Waals surface area contributed by atoms with Gasteiger partial charge in [-0.2, -0.15) is 0 Å². The predicted octanol–water partition coefficient (Wildman–Crippen LogP) is 3.60. The molecule has 0 radical (unpaired) electrons. The third kappa shape index (κ3) is 1.57. The fraction of sp³-hybridized carbons (Fsp3) is 0.133. The van der Waals surface area contributed by atoms with Crippen LogP contribution >= 0.6 is 22.6 Å². The van der Waals surface area contributed by atoms with Crippen LogP contribution in [0.25, 0.3) is 21.8 Å². The van der Waals surface area contributed by atoms with Gasteiger partial charge in [-0.1, -0.05) is 12.1 Å². The Morgan fingerprint density at radius 3 is 2.56 bits per heavy atom. The van der Waals surface area contributed by atoms with E-state index >= 15 is 0 Å². The fourth-order valence-electron chi connectivity index (χ4n) is 2.36. The second kappa shape index (κ2) is 4.09. The Morgan fingerprint density at radius 1 is 1.06 bits per heavy atom. The Kier molecular flexibility index (Phi) is 2.66. The predicted molar refractivity (Wildman–Crippen MR) is 84.1 cm³/mol. The highest BCUT2D eigenvalue weighted by atomic mass is 127. The van der Waals surface area contributed by atoms with Gasteiger partial charge in [0.2, 0.25) is 0 Å². The summed E-state index contributed by atoms with van der Waals surface area (Å²) in [4.78, 5) is 12.5. The molecule has 2 nitrogen and oxygen atoms in total. The van der Waals surface area contributed by atoms with E-state index in [-0.39, 0.29) is 5.43 Å². The zero-order valence-electron chi connectivity index (χ0n) is 10.2. The van der Waals surface area contributed by atoms with Gasteiger partial charge in [0.25, 0.3) is 0 Å². The minimum Gasteiger partial charge on any atom is -0.343 e. The van der Waals surface area contributed by atoms with Crippen molar-refractivity contribution in [2.75, 3.05) is 0 Å². The number of rotatable bonds is 0. The number of nitrogens with zero attached hydrogens (tertiary/aromatic N) is 1. The van der Waals surface area contributed by atoms with Crippen molar-refractivity contribution in [1.29, 1.82) is 0 Å². The highest BCUT2D eigenvalue weighted by molar-refractivity contribution is 14.1. The van der Waals surface area contributed by atoms with E-state index in [4.69, 9.17) is 0 Å². The van der Waals surface area contributed by atoms with Gasteiger partial charge in [-0.05, 0) is 59.3 Å². The van der Waals surface area contributed by atoms with Gasteiger partial charge in [0, 0.05) is 21.4 Å². The molecule has 1 aromatic heterocycles. The lowest BCUT2D eigenvalue weighted by Gasteiger charge is -2.11. The zero-order valence-corrected chi connectivity index (χ0v) is 12.4. The number of pyridine rings is 1. The number of aromatic nitrogens is 1. The molecule has 0 saturated carbocycles. The van der Waals surface area contributed by atoms with E-state index < -0.39 is 0 Å². The first kappa shape index (κ1) is 11.7. The SMILES string of the molecule is Cc1cc2c(=O)c3ccccc3n(C)c2cc1I. The molecule has 0 spiro atoms. The third-order valence-electron chi connectivity index (χ3n) is 3.39. The maximum atomic E-state index is 12.5. The molecule has 0 fully saturated rings. The summed E-state index contributed by atoms with van der Waals surface area (Å²) in [6.07, 6.45) is 0. The fourth-order valence-corrected chi connectivity index (χ4v) is 2.81. The monoisotopic (exact) mass is 349 g/mol. The van der Waals surface area contributed by atoms with Crippen molar-refractivity contribution in [3.05, 3.63) is 55.8 Å². The Balaban J connectivity index is 2.67. The standard InChI is InChI=1S/C15H12INO/c1-9-7-11-14(8-12(9)16)17(2)13-6-4-3-5-10(13)15(11)18/h3-8H,1-2H3. The van der Waals surface area contributed by atoms with Gasteiger partial charge >= 0.3 is 0 Å². The summed E-state index contributed by atoms with van der Waals surface area (Å²) in [6, 6.07) is 11.8. The largest absolute Gasteiger partial charge is 0.343 e. The van der Waals surface area contributed by atoms with Gasteiger partial charge in [-0.25, -0.2) is 0 Å². The van der Waals surface area contributed by atoms with Crippen LogP contribution in [-0.2, 0) is 7.05 Å². The van der Waals surface area contributed by atoms with Crippen LogP contribution in [0.15, 0.2) is 41.2 Å². The van der Waals surface area contributed by atoms with Gasteiger partial charge in [0.05, 0.1) is 11.0 Å². The number of halogens is 1. The number of hydrogen-bond acceptors (Lipinski definition) is 1. The minimum absolute atomic E-state index is 0.123. The Morgan fingerprint density at radius 2 is 1.78 bits per heavy atom. The molecule has 2 aromatic carbocycles. The number of benzene rings is 2. The van der Waals surface area contributed by atoms with Gasteiger partial charge in [-0.3, -0.25) is 4.79 Å². The minimum atomic E-state index is 0.123. The van der Waals surface area contributed by atoms with Crippen LogP contribution in [-0.4, -0.2) is 4.57 Å². The van der Waals surface area contributed by atoms with Crippen LogP contribution in [0.5, 0.6) is 0 Å². The first-order valence-electron chi connectivity index (χ1n) is 5.77. The molecule has 18 heavy (non-hydrogen) atoms. The number of aryl methyl sites for hydroxylation is 2. The molecule has 0 bridgehead atoms. The summed E-state index contributed by atoms with van der Waals surface area (Å²) in [5.74, 6) is 0. The van der Waals surface area contributed by atoms with Crippen LogP contribution in [0.4, 0.5) is 0 Å². The summed E-state index contributed by atoms with van der Waals surface area (Å²) in [5, 5.41) is 1.59. The van der Waals surface area contributed by atoms with Crippen molar-refractivity contribution >= 4 is 44.4 Å². The van der Waals surface area contributed by atoms with E-state index in [1.165, 1.54) is 3.57 Å². The average Bonchev–Trinajstić information content (AvgIpc) is 2.38. The lowest BCUT2D eigenvalue weighted by molar-refractivity contribution is 1.00. The molecule has 0 saturated heterocycles. The number of hydrogen-bond donors (Lipinski definition) is 0. The molecular weight excluding hydrogens is 337 g/mol. The summed E-state index contributed by atoms with van der Waals surface area (Å²) in [7, 11) is 2.01. The van der Waals surface area contributed by atoms with Crippen molar-refractivity contribution in [3.8, 4) is 0 Å². The van der Waals surface area contributed by atoms with E-state index in [2.05, 4.69) is 33.2 Å². The van der Waals surface area contributed by atoms with Crippen LogP contribution in [0.1, 0.15) is 5.56 Å². The quantitative estimate of drug-likeness (QED) is 0.449. The van der Waals surface area contributed by atoms with Gasteiger partial charge in [0.15, 0.2) is 5.43 Å². The molecule has 3 heteroatoms. The zero-order chi connectivity index (χ0) is 12.9. The lowest BCUT2D eigenvalue weighted by Crippen LogP contribution is -2.09. The molecule has 0 aliphatic carbocycles. The number of fused-ring (bicyclic) bond motifs is 2. The maximum Gasteiger partial charge on any atom is 0.197 e. The molecule has 1 heterocycles. The Hall–Kier alpha value is -1.36. The van der Waals surface area contributed by atoms with Crippen LogP contribution in [0.2, 0.25) is 0 Å². The summed E-state index contributed by atoms with van der Waals surface area (Å²) in [6.45, 7) is 2.04. The van der Waals surface area contributed by atoms with Gasteiger partial charge in [-0.15, -0.1) is 0 Å².